The first-order valence-corrected chi connectivity index (χ1v) is 10.1. The number of carbonyl (C=O) groups excluding carboxylic acids is 1. The SMILES string of the molecule is C=CCc1cc(/C=C(\C#N)C(=O)Nc2ccccc2Cl)cc(OCC)c1OCCC. The van der Waals surface area contributed by atoms with Crippen molar-refractivity contribution in [1.82, 2.24) is 0 Å². The normalized spacial score (nSPS) is 10.8. The zero-order valence-corrected chi connectivity index (χ0v) is 18.0. The average Bonchev–Trinajstić information content (AvgIpc) is 2.73. The molecule has 0 aliphatic rings. The van der Waals surface area contributed by atoms with Crippen molar-refractivity contribution in [2.24, 2.45) is 0 Å². The van der Waals surface area contributed by atoms with Crippen LogP contribution in [0.5, 0.6) is 11.5 Å². The summed E-state index contributed by atoms with van der Waals surface area (Å²) < 4.78 is 11.7. The molecule has 1 N–H and O–H groups in total. The van der Waals surface area contributed by atoms with Gasteiger partial charge in [-0.15, -0.1) is 6.58 Å². The van der Waals surface area contributed by atoms with Gasteiger partial charge in [-0.25, -0.2) is 0 Å². The smallest absolute Gasteiger partial charge is 0.266 e. The zero-order valence-electron chi connectivity index (χ0n) is 17.2. The first-order chi connectivity index (χ1) is 14.5. The Bertz CT molecular complexity index is 977. The molecule has 2 aromatic carbocycles. The van der Waals surface area contributed by atoms with Gasteiger partial charge in [-0.3, -0.25) is 4.79 Å². The number of halogens is 1. The molecule has 0 aliphatic heterocycles. The standard InChI is InChI=1S/C24H25ClN2O3/c1-4-9-18-13-17(15-22(29-6-3)23(18)30-12-5-2)14-19(16-26)24(28)27-21-11-8-7-10-20(21)25/h4,7-8,10-11,13-15H,1,5-6,9,12H2,2-3H3,(H,27,28)/b19-14+. The van der Waals surface area contributed by atoms with E-state index in [0.29, 0.717) is 47.4 Å². The largest absolute Gasteiger partial charge is 0.490 e. The van der Waals surface area contributed by atoms with Crippen LogP contribution in [0.2, 0.25) is 5.02 Å². The Balaban J connectivity index is 2.42. The minimum Gasteiger partial charge on any atom is -0.490 e. The van der Waals surface area contributed by atoms with E-state index < -0.39 is 5.91 Å². The van der Waals surface area contributed by atoms with Crippen LogP contribution in [0.3, 0.4) is 0 Å². The number of carbonyl (C=O) groups is 1. The fourth-order valence-corrected chi connectivity index (χ4v) is 2.96. The Labute approximate surface area is 182 Å². The number of nitriles is 1. The lowest BCUT2D eigenvalue weighted by Crippen LogP contribution is -2.13. The van der Waals surface area contributed by atoms with Gasteiger partial charge in [-0.2, -0.15) is 5.26 Å². The van der Waals surface area contributed by atoms with E-state index in [-0.39, 0.29) is 5.57 Å². The van der Waals surface area contributed by atoms with Crippen molar-refractivity contribution >= 4 is 29.3 Å². The van der Waals surface area contributed by atoms with Crippen LogP contribution in [0.4, 0.5) is 5.69 Å². The zero-order chi connectivity index (χ0) is 21.9. The maximum Gasteiger partial charge on any atom is 0.266 e. The van der Waals surface area contributed by atoms with Gasteiger partial charge in [0.2, 0.25) is 0 Å². The number of para-hydroxylation sites is 1. The van der Waals surface area contributed by atoms with E-state index >= 15 is 0 Å². The number of amides is 1. The number of ether oxygens (including phenoxy) is 2. The molecular formula is C24H25ClN2O3. The predicted molar refractivity (Wildman–Crippen MR) is 121 cm³/mol. The number of anilines is 1. The van der Waals surface area contributed by atoms with Gasteiger partial charge in [0.1, 0.15) is 11.6 Å². The van der Waals surface area contributed by atoms with Crippen LogP contribution in [0.1, 0.15) is 31.4 Å². The van der Waals surface area contributed by atoms with E-state index in [0.717, 1.165) is 12.0 Å². The molecule has 0 bridgehead atoms. The lowest BCUT2D eigenvalue weighted by atomic mass is 10.0. The van der Waals surface area contributed by atoms with Crippen LogP contribution in [-0.4, -0.2) is 19.1 Å². The lowest BCUT2D eigenvalue weighted by molar-refractivity contribution is -0.112. The van der Waals surface area contributed by atoms with E-state index in [4.69, 9.17) is 21.1 Å². The maximum atomic E-state index is 12.6. The van der Waals surface area contributed by atoms with Crippen LogP contribution in [0.15, 0.2) is 54.6 Å². The van der Waals surface area contributed by atoms with E-state index in [2.05, 4.69) is 11.9 Å². The third-order valence-electron chi connectivity index (χ3n) is 4.07. The molecule has 0 heterocycles. The molecule has 5 nitrogen and oxygen atoms in total. The van der Waals surface area contributed by atoms with E-state index in [1.807, 2.05) is 26.0 Å². The molecular weight excluding hydrogens is 400 g/mol. The van der Waals surface area contributed by atoms with Gasteiger partial charge in [0.25, 0.3) is 5.91 Å². The number of hydrogen-bond donors (Lipinski definition) is 1. The van der Waals surface area contributed by atoms with E-state index in [1.54, 1.807) is 36.4 Å². The van der Waals surface area contributed by atoms with Gasteiger partial charge < -0.3 is 14.8 Å². The highest BCUT2D eigenvalue weighted by molar-refractivity contribution is 6.34. The number of nitrogens with zero attached hydrogens (tertiary/aromatic N) is 1. The van der Waals surface area contributed by atoms with E-state index in [9.17, 15) is 10.1 Å². The summed E-state index contributed by atoms with van der Waals surface area (Å²) in [6, 6.07) is 12.4. The van der Waals surface area contributed by atoms with Crippen molar-refractivity contribution in [2.45, 2.75) is 26.7 Å². The summed E-state index contributed by atoms with van der Waals surface area (Å²) in [5.41, 5.74) is 1.92. The lowest BCUT2D eigenvalue weighted by Gasteiger charge is -2.16. The Morgan fingerprint density at radius 1 is 1.27 bits per heavy atom. The van der Waals surface area contributed by atoms with Gasteiger partial charge in [0.05, 0.1) is 23.9 Å². The van der Waals surface area contributed by atoms with Crippen molar-refractivity contribution in [3.63, 3.8) is 0 Å². The van der Waals surface area contributed by atoms with Crippen molar-refractivity contribution in [2.75, 3.05) is 18.5 Å². The molecule has 0 saturated heterocycles. The monoisotopic (exact) mass is 424 g/mol. The summed E-state index contributed by atoms with van der Waals surface area (Å²) >= 11 is 6.09. The molecule has 0 atom stereocenters. The minimum absolute atomic E-state index is 0.0517. The molecule has 0 aliphatic carbocycles. The Morgan fingerprint density at radius 3 is 2.67 bits per heavy atom. The van der Waals surface area contributed by atoms with Crippen LogP contribution in [0, 0.1) is 11.3 Å². The van der Waals surface area contributed by atoms with Crippen LogP contribution in [0.25, 0.3) is 6.08 Å². The molecule has 156 valence electrons. The highest BCUT2D eigenvalue weighted by Gasteiger charge is 2.15. The summed E-state index contributed by atoms with van der Waals surface area (Å²) in [6.45, 7) is 8.74. The summed E-state index contributed by atoms with van der Waals surface area (Å²) in [5, 5.41) is 12.6. The Kier molecular flexibility index (Phi) is 8.99. The number of rotatable bonds is 10. The first-order valence-electron chi connectivity index (χ1n) is 9.75. The summed E-state index contributed by atoms with van der Waals surface area (Å²) in [5.74, 6) is 0.690. The molecule has 2 aromatic rings. The summed E-state index contributed by atoms with van der Waals surface area (Å²) in [6.07, 6.45) is 4.72. The number of nitrogens with one attached hydrogen (secondary N) is 1. The van der Waals surface area contributed by atoms with E-state index in [1.165, 1.54) is 6.08 Å². The Hall–Kier alpha value is -3.23. The molecule has 0 aromatic heterocycles. The third-order valence-corrected chi connectivity index (χ3v) is 4.40. The number of benzene rings is 2. The highest BCUT2D eigenvalue weighted by Crippen LogP contribution is 2.35. The fourth-order valence-electron chi connectivity index (χ4n) is 2.77. The predicted octanol–water partition coefficient (Wildman–Crippen LogP) is 5.80. The van der Waals surface area contributed by atoms with Crippen LogP contribution in [-0.2, 0) is 11.2 Å². The number of hydrogen-bond acceptors (Lipinski definition) is 4. The number of allylic oxidation sites excluding steroid dienone is 1. The molecule has 30 heavy (non-hydrogen) atoms. The molecule has 0 saturated carbocycles. The van der Waals surface area contributed by atoms with Crippen molar-refractivity contribution < 1.29 is 14.3 Å². The van der Waals surface area contributed by atoms with Gasteiger partial charge >= 0.3 is 0 Å². The quantitative estimate of drug-likeness (QED) is 0.297. The fraction of sp³-hybridized carbons (Fsp3) is 0.250. The summed E-state index contributed by atoms with van der Waals surface area (Å²) in [7, 11) is 0. The Morgan fingerprint density at radius 2 is 2.03 bits per heavy atom. The average molecular weight is 425 g/mol. The second-order valence-electron chi connectivity index (χ2n) is 6.39. The third kappa shape index (κ3) is 6.13. The second kappa shape index (κ2) is 11.7. The molecule has 1 amide bonds. The van der Waals surface area contributed by atoms with Gasteiger partial charge in [-0.1, -0.05) is 36.7 Å². The van der Waals surface area contributed by atoms with Gasteiger partial charge in [-0.05, 0) is 55.7 Å². The van der Waals surface area contributed by atoms with Crippen molar-refractivity contribution in [3.05, 3.63) is 70.8 Å². The molecule has 0 radical (unpaired) electrons. The maximum absolute atomic E-state index is 12.6. The van der Waals surface area contributed by atoms with Crippen LogP contribution < -0.4 is 14.8 Å². The highest BCUT2D eigenvalue weighted by atomic mass is 35.5. The van der Waals surface area contributed by atoms with Crippen LogP contribution >= 0.6 is 11.6 Å². The minimum atomic E-state index is -0.542. The van der Waals surface area contributed by atoms with Crippen molar-refractivity contribution in [3.8, 4) is 17.6 Å². The second-order valence-corrected chi connectivity index (χ2v) is 6.79. The van der Waals surface area contributed by atoms with Crippen molar-refractivity contribution in [1.29, 1.82) is 5.26 Å². The molecule has 2 rings (SSSR count). The summed E-state index contributed by atoms with van der Waals surface area (Å²) in [4.78, 5) is 12.6. The topological polar surface area (TPSA) is 71.4 Å². The van der Waals surface area contributed by atoms with Gasteiger partial charge in [0, 0.05) is 5.56 Å². The molecule has 0 unspecified atom stereocenters. The molecule has 0 fully saturated rings. The first kappa shape index (κ1) is 23.1. The van der Waals surface area contributed by atoms with Gasteiger partial charge in [0.15, 0.2) is 11.5 Å². The molecule has 0 spiro atoms. The molecule has 6 heteroatoms.